The maximum Gasteiger partial charge on any atom is 0.186 e. The Balaban J connectivity index is 1.94. The standard InChI is InChI=1S/C17H23N3S/c1-2-20(14-10-6-7-11-14)17-19-16(15(12-18)21-17)13-8-4-3-5-9-13/h3-5,8-9,14H,2,6-7,10-12,18H2,1H3. The van der Waals surface area contributed by atoms with Crippen molar-refractivity contribution in [2.45, 2.75) is 45.2 Å². The molecule has 1 fully saturated rings. The van der Waals surface area contributed by atoms with E-state index in [2.05, 4.69) is 36.1 Å². The summed E-state index contributed by atoms with van der Waals surface area (Å²) in [6.45, 7) is 3.81. The molecule has 0 unspecified atom stereocenters. The van der Waals surface area contributed by atoms with Crippen LogP contribution in [0.4, 0.5) is 5.13 Å². The van der Waals surface area contributed by atoms with E-state index in [1.54, 1.807) is 11.3 Å². The van der Waals surface area contributed by atoms with Crippen LogP contribution in [0.5, 0.6) is 0 Å². The molecule has 0 saturated heterocycles. The molecule has 0 bridgehead atoms. The van der Waals surface area contributed by atoms with E-state index in [9.17, 15) is 0 Å². The Morgan fingerprint density at radius 1 is 1.24 bits per heavy atom. The summed E-state index contributed by atoms with van der Waals surface area (Å²) in [7, 11) is 0. The molecule has 0 atom stereocenters. The third-order valence-corrected chi connectivity index (χ3v) is 5.39. The molecule has 0 spiro atoms. The first kappa shape index (κ1) is 14.5. The molecule has 2 N–H and O–H groups in total. The van der Waals surface area contributed by atoms with Crippen LogP contribution in [0, 0.1) is 0 Å². The molecule has 1 saturated carbocycles. The molecule has 1 aromatic carbocycles. The highest BCUT2D eigenvalue weighted by Crippen LogP contribution is 2.36. The van der Waals surface area contributed by atoms with Crippen LogP contribution >= 0.6 is 11.3 Å². The maximum atomic E-state index is 5.95. The van der Waals surface area contributed by atoms with Crippen molar-refractivity contribution in [1.29, 1.82) is 0 Å². The number of benzene rings is 1. The molecule has 2 aromatic rings. The molecule has 4 heteroatoms. The van der Waals surface area contributed by atoms with Gasteiger partial charge in [0.25, 0.3) is 0 Å². The zero-order chi connectivity index (χ0) is 14.7. The molecular formula is C17H23N3S. The van der Waals surface area contributed by atoms with Crippen molar-refractivity contribution in [2.24, 2.45) is 5.73 Å². The first-order valence-corrected chi connectivity index (χ1v) is 8.67. The summed E-state index contributed by atoms with van der Waals surface area (Å²) in [5.41, 5.74) is 8.18. The second-order valence-corrected chi connectivity index (χ2v) is 6.62. The predicted octanol–water partition coefficient (Wildman–Crippen LogP) is 4.04. The molecule has 1 aliphatic rings. The van der Waals surface area contributed by atoms with E-state index in [0.29, 0.717) is 12.6 Å². The maximum absolute atomic E-state index is 5.95. The van der Waals surface area contributed by atoms with Gasteiger partial charge in [-0.1, -0.05) is 54.5 Å². The average molecular weight is 301 g/mol. The number of rotatable bonds is 5. The third-order valence-electron chi connectivity index (χ3n) is 4.27. The highest BCUT2D eigenvalue weighted by molar-refractivity contribution is 7.16. The third kappa shape index (κ3) is 2.97. The van der Waals surface area contributed by atoms with E-state index in [1.165, 1.54) is 36.1 Å². The topological polar surface area (TPSA) is 42.2 Å². The van der Waals surface area contributed by atoms with Crippen LogP contribution in [0.2, 0.25) is 0 Å². The Kier molecular flexibility index (Phi) is 4.56. The number of nitrogens with zero attached hydrogens (tertiary/aromatic N) is 2. The number of hydrogen-bond donors (Lipinski definition) is 1. The summed E-state index contributed by atoms with van der Waals surface area (Å²) >= 11 is 1.76. The molecule has 0 amide bonds. The molecule has 21 heavy (non-hydrogen) atoms. The normalized spacial score (nSPS) is 15.5. The Bertz CT molecular complexity index is 573. The quantitative estimate of drug-likeness (QED) is 0.906. The fraction of sp³-hybridized carbons (Fsp3) is 0.471. The Hall–Kier alpha value is -1.39. The minimum absolute atomic E-state index is 0.560. The van der Waals surface area contributed by atoms with Gasteiger partial charge in [-0.15, -0.1) is 0 Å². The highest BCUT2D eigenvalue weighted by Gasteiger charge is 2.25. The van der Waals surface area contributed by atoms with Crippen molar-refractivity contribution >= 4 is 16.5 Å². The lowest BCUT2D eigenvalue weighted by molar-refractivity contribution is 0.618. The SMILES string of the molecule is CCN(c1nc(-c2ccccc2)c(CN)s1)C1CCCC1. The number of anilines is 1. The van der Waals surface area contributed by atoms with E-state index >= 15 is 0 Å². The molecular weight excluding hydrogens is 278 g/mol. The van der Waals surface area contributed by atoms with Gasteiger partial charge in [0.2, 0.25) is 0 Å². The van der Waals surface area contributed by atoms with Gasteiger partial charge in [-0.25, -0.2) is 4.98 Å². The van der Waals surface area contributed by atoms with Crippen molar-refractivity contribution in [2.75, 3.05) is 11.4 Å². The van der Waals surface area contributed by atoms with Gasteiger partial charge in [0.05, 0.1) is 5.69 Å². The van der Waals surface area contributed by atoms with Crippen molar-refractivity contribution in [3.8, 4) is 11.3 Å². The first-order valence-electron chi connectivity index (χ1n) is 7.85. The van der Waals surface area contributed by atoms with Gasteiger partial charge in [-0.2, -0.15) is 0 Å². The van der Waals surface area contributed by atoms with E-state index in [0.717, 1.165) is 17.4 Å². The summed E-state index contributed by atoms with van der Waals surface area (Å²) in [5, 5.41) is 1.14. The van der Waals surface area contributed by atoms with Gasteiger partial charge in [0.15, 0.2) is 5.13 Å². The fourth-order valence-electron chi connectivity index (χ4n) is 3.19. The van der Waals surface area contributed by atoms with E-state index in [1.807, 2.05) is 6.07 Å². The Labute approximate surface area is 130 Å². The molecule has 3 rings (SSSR count). The van der Waals surface area contributed by atoms with E-state index in [4.69, 9.17) is 10.7 Å². The zero-order valence-electron chi connectivity index (χ0n) is 12.6. The smallest absolute Gasteiger partial charge is 0.186 e. The largest absolute Gasteiger partial charge is 0.345 e. The van der Waals surface area contributed by atoms with E-state index < -0.39 is 0 Å². The second-order valence-electron chi connectivity index (χ2n) is 5.56. The first-order chi connectivity index (χ1) is 10.3. The number of nitrogens with two attached hydrogens (primary N) is 1. The molecule has 0 radical (unpaired) electrons. The van der Waals surface area contributed by atoms with Gasteiger partial charge in [0.1, 0.15) is 0 Å². The second kappa shape index (κ2) is 6.58. The van der Waals surface area contributed by atoms with Gasteiger partial charge in [-0.3, -0.25) is 0 Å². The van der Waals surface area contributed by atoms with Crippen LogP contribution in [0.3, 0.4) is 0 Å². The number of thiazole rings is 1. The summed E-state index contributed by atoms with van der Waals surface area (Å²) < 4.78 is 0. The summed E-state index contributed by atoms with van der Waals surface area (Å²) in [6, 6.07) is 11.0. The van der Waals surface area contributed by atoms with Crippen LogP contribution < -0.4 is 10.6 Å². The van der Waals surface area contributed by atoms with Gasteiger partial charge in [0, 0.05) is 29.6 Å². The molecule has 112 valence electrons. The molecule has 1 heterocycles. The summed E-state index contributed by atoms with van der Waals surface area (Å²) in [4.78, 5) is 8.59. The van der Waals surface area contributed by atoms with Crippen molar-refractivity contribution in [1.82, 2.24) is 4.98 Å². The van der Waals surface area contributed by atoms with Gasteiger partial charge >= 0.3 is 0 Å². The summed E-state index contributed by atoms with van der Waals surface area (Å²) in [5.74, 6) is 0. The lowest BCUT2D eigenvalue weighted by Gasteiger charge is -2.26. The van der Waals surface area contributed by atoms with Crippen molar-refractivity contribution in [3.63, 3.8) is 0 Å². The number of hydrogen-bond acceptors (Lipinski definition) is 4. The average Bonchev–Trinajstić information content (AvgIpc) is 3.19. The van der Waals surface area contributed by atoms with Gasteiger partial charge < -0.3 is 10.6 Å². The van der Waals surface area contributed by atoms with Crippen molar-refractivity contribution < 1.29 is 0 Å². The minimum Gasteiger partial charge on any atom is -0.345 e. The molecule has 0 aliphatic heterocycles. The van der Waals surface area contributed by atoms with Crippen LogP contribution in [-0.2, 0) is 6.54 Å². The van der Waals surface area contributed by atoms with Crippen LogP contribution in [0.1, 0.15) is 37.5 Å². The highest BCUT2D eigenvalue weighted by atomic mass is 32.1. The molecule has 1 aromatic heterocycles. The molecule has 1 aliphatic carbocycles. The van der Waals surface area contributed by atoms with Crippen LogP contribution in [0.15, 0.2) is 30.3 Å². The van der Waals surface area contributed by atoms with Gasteiger partial charge in [-0.05, 0) is 19.8 Å². The monoisotopic (exact) mass is 301 g/mol. The Morgan fingerprint density at radius 2 is 1.95 bits per heavy atom. The lowest BCUT2D eigenvalue weighted by atomic mass is 10.1. The zero-order valence-corrected chi connectivity index (χ0v) is 13.4. The molecule has 3 nitrogen and oxygen atoms in total. The lowest BCUT2D eigenvalue weighted by Crippen LogP contribution is -2.32. The predicted molar refractivity (Wildman–Crippen MR) is 90.7 cm³/mol. The van der Waals surface area contributed by atoms with Crippen LogP contribution in [-0.4, -0.2) is 17.6 Å². The van der Waals surface area contributed by atoms with Crippen molar-refractivity contribution in [3.05, 3.63) is 35.2 Å². The van der Waals surface area contributed by atoms with E-state index in [-0.39, 0.29) is 0 Å². The fourth-order valence-corrected chi connectivity index (χ4v) is 4.28. The van der Waals surface area contributed by atoms with Crippen LogP contribution in [0.25, 0.3) is 11.3 Å². The Morgan fingerprint density at radius 3 is 2.57 bits per heavy atom. The number of aromatic nitrogens is 1. The minimum atomic E-state index is 0.560. The summed E-state index contributed by atoms with van der Waals surface area (Å²) in [6.07, 6.45) is 5.29.